The fourth-order valence-corrected chi connectivity index (χ4v) is 0. The molecule has 3 heteroatoms. The molecule has 0 unspecified atom stereocenters. The molecule has 0 fully saturated rings. The second-order valence-electron chi connectivity index (χ2n) is 0. The Morgan fingerprint density at radius 2 is 0.364 bits per heavy atom. The van der Waals surface area contributed by atoms with Gasteiger partial charge in [0.1, 0.15) is 4.24 Å². The zero-order chi connectivity index (χ0) is 6.00. The molecule has 0 radical (unpaired) electrons. The fourth-order valence-electron chi connectivity index (χ4n) is 0. The second-order valence-corrected chi connectivity index (χ2v) is 0. The van der Waals surface area contributed by atoms with Gasteiger partial charge in [-0.3, -0.25) is 0 Å². The molecule has 0 saturated heterocycles. The van der Waals surface area contributed by atoms with Crippen LogP contribution in [-0.2, 0) is 0 Å². The summed E-state index contributed by atoms with van der Waals surface area (Å²) in [6.45, 7) is 0. The van der Waals surface area contributed by atoms with E-state index in [-0.39, 0.29) is 59.4 Å². The lowest BCUT2D eigenvalue weighted by atomic mass is 12.0. The van der Waals surface area contributed by atoms with Crippen molar-refractivity contribution in [1.29, 1.82) is 0 Å². The topological polar surface area (TPSA) is 105 Å². The molecule has 0 amide bonds. The van der Waals surface area contributed by atoms with Crippen LogP contribution >= 0.6 is 0 Å². The normalized spacial score (nSPS) is 1.91. The first-order chi connectivity index (χ1) is 3.00. The predicted molar refractivity (Wildman–Crippen MR) is 68.9 cm³/mol. The van der Waals surface area contributed by atoms with Gasteiger partial charge < -0.3 is 18.4 Å². The Balaban J connectivity index is -0.000000000833. The lowest BCUT2D eigenvalue weighted by molar-refractivity contribution is 2.13. The third-order valence-corrected chi connectivity index (χ3v) is 0. The molecule has 9 N–H and O–H groups in total. The molecule has 88 valence electrons. The Morgan fingerprint density at radius 1 is 0.364 bits per heavy atom. The number of rotatable bonds is 0. The summed E-state index contributed by atoms with van der Waals surface area (Å²) in [4.78, 5) is 0. The molecule has 0 spiro atoms. The first-order valence-corrected chi connectivity index (χ1v) is 0. The van der Waals surface area contributed by atoms with Gasteiger partial charge in [0.15, 0.2) is 0 Å². The highest BCUT2D eigenvalue weighted by atomic mass is 14.0. The van der Waals surface area contributed by atoms with Crippen molar-refractivity contribution in [1.82, 2.24) is 18.4 Å². The van der Waals surface area contributed by atoms with Crippen molar-refractivity contribution < 1.29 is 4.24 Å². The van der Waals surface area contributed by atoms with E-state index in [4.69, 9.17) is 4.24 Å². The SMILES string of the molecule is C.C.C.C.C.C.C.C.[2H]N.[2H]N.[2H]N. The highest BCUT2D eigenvalue weighted by molar-refractivity contribution is 2.51. The van der Waals surface area contributed by atoms with Crippen molar-refractivity contribution in [3.05, 3.63) is 0 Å². The van der Waals surface area contributed by atoms with Crippen LogP contribution in [0, 0.1) is 0 Å². The van der Waals surface area contributed by atoms with E-state index in [2.05, 4.69) is 18.4 Å². The highest BCUT2D eigenvalue weighted by Crippen LogP contribution is 0.151. The van der Waals surface area contributed by atoms with E-state index >= 15 is 0 Å². The predicted octanol–water partition coefficient (Wildman–Crippen LogP) is 5.57. The molecule has 11 heavy (non-hydrogen) atoms. The molecule has 0 aliphatic rings. The molecular weight excluding hydrogens is 138 g/mol. The molecule has 0 aromatic heterocycles. The molecule has 0 bridgehead atoms. The van der Waals surface area contributed by atoms with Gasteiger partial charge in [-0.1, -0.05) is 59.4 Å². The quantitative estimate of drug-likeness (QED) is 0.455. The van der Waals surface area contributed by atoms with Crippen LogP contribution in [0.2, 0.25) is 4.24 Å². The zero-order valence-electron chi connectivity index (χ0n) is 4.73. The van der Waals surface area contributed by atoms with Gasteiger partial charge in [-0.05, 0) is 0 Å². The van der Waals surface area contributed by atoms with Crippen molar-refractivity contribution in [3.8, 4) is 0 Å². The molecule has 0 rings (SSSR count). The maximum atomic E-state index is 5.25. The first-order valence-electron chi connectivity index (χ1n) is 1.73. The molecule has 0 saturated carbocycles. The van der Waals surface area contributed by atoms with Gasteiger partial charge in [0.25, 0.3) is 0 Å². The highest BCUT2D eigenvalue weighted by Gasteiger charge is -0.0705. The van der Waals surface area contributed by atoms with Gasteiger partial charge >= 0.3 is 0 Å². The van der Waals surface area contributed by atoms with Crippen LogP contribution < -0.4 is 18.4 Å². The van der Waals surface area contributed by atoms with Crippen LogP contribution in [0.5, 0.6) is 0 Å². The summed E-state index contributed by atoms with van der Waals surface area (Å²) in [7, 11) is 0. The number of hydrogen-bond acceptors (Lipinski definition) is 3. The van der Waals surface area contributed by atoms with Crippen LogP contribution in [0.15, 0.2) is 0 Å². The van der Waals surface area contributed by atoms with Gasteiger partial charge in [-0.15, -0.1) is 0 Å². The summed E-state index contributed by atoms with van der Waals surface area (Å²) in [5.41, 5.74) is 0. The third kappa shape index (κ3) is 42600. The Morgan fingerprint density at radius 3 is 0.364 bits per heavy atom. The standard InChI is InChI=1S/8CH4.3H3N/h8*1H4;3*1H3/i/hD3. The first kappa shape index (κ1) is 128. The Kier molecular flexibility index (Phi) is 630000. The van der Waals surface area contributed by atoms with Crippen LogP contribution in [-0.4, -0.2) is 0 Å². The minimum atomic E-state index is 0. The molecule has 0 heterocycles. The second kappa shape index (κ2) is 54100. The van der Waals surface area contributed by atoms with Crippen molar-refractivity contribution >= 4 is 0 Å². The lowest BCUT2D eigenvalue weighted by Crippen LogP contribution is -0.482. The smallest absolute Gasteiger partial charge is 0.115 e. The van der Waals surface area contributed by atoms with Gasteiger partial charge in [0.2, 0.25) is 0 Å². The molecule has 3 nitrogen and oxygen atoms in total. The molecule has 0 aliphatic carbocycles. The van der Waals surface area contributed by atoms with E-state index in [1.54, 1.807) is 0 Å². The molecule has 0 atom stereocenters. The summed E-state index contributed by atoms with van der Waals surface area (Å²) in [6.07, 6.45) is 11.2. The number of hydrogen-bond donors (Lipinski definition) is 3. The maximum Gasteiger partial charge on any atom is 0.115 e. The van der Waals surface area contributed by atoms with Gasteiger partial charge in [-0.2, -0.15) is 0 Å². The van der Waals surface area contributed by atoms with Crippen LogP contribution in [0.1, 0.15) is 59.4 Å². The van der Waals surface area contributed by atoms with E-state index in [0.717, 1.165) is 0 Å². The Bertz CT molecular complexity index is 19.8. The lowest BCUT2D eigenvalue weighted by Gasteiger charge is -0.345. The van der Waals surface area contributed by atoms with Crippen molar-refractivity contribution in [2.45, 2.75) is 59.4 Å². The largest absolute Gasteiger partial charge is 0.344 e. The minimum absolute atomic E-state index is 0. The maximum absolute atomic E-state index is 5.25. The summed E-state index contributed by atoms with van der Waals surface area (Å²) in [5, 5.41) is 0. The van der Waals surface area contributed by atoms with E-state index in [1.165, 1.54) is 0 Å². The third-order valence-electron chi connectivity index (χ3n) is 0. The molecule has 0 aromatic carbocycles. The minimum Gasteiger partial charge on any atom is -0.344 e. The summed E-state index contributed by atoms with van der Waals surface area (Å²) < 4.78 is 15.8. The Hall–Kier alpha value is -0.120. The van der Waals surface area contributed by atoms with Gasteiger partial charge in [-0.25, -0.2) is 0 Å². The van der Waals surface area contributed by atoms with Crippen LogP contribution in [0.3, 0.4) is 0 Å². The average Bonchev–Trinajstić information content (AvgIpc) is 1.81. The van der Waals surface area contributed by atoms with E-state index in [9.17, 15) is 0 Å². The molecule has 0 aromatic rings. The van der Waals surface area contributed by atoms with Crippen molar-refractivity contribution in [3.63, 3.8) is 0 Å². The summed E-state index contributed by atoms with van der Waals surface area (Å²) in [6, 6.07) is 0. The van der Waals surface area contributed by atoms with Crippen LogP contribution in [0.4, 0.5) is 0 Å². The van der Waals surface area contributed by atoms with Crippen molar-refractivity contribution in [2.75, 3.05) is 0 Å². The summed E-state index contributed by atoms with van der Waals surface area (Å²) >= 11 is 0. The van der Waals surface area contributed by atoms with Gasteiger partial charge in [0.05, 0.1) is 0 Å². The van der Waals surface area contributed by atoms with E-state index < -0.39 is 0 Å². The van der Waals surface area contributed by atoms with Gasteiger partial charge in [0, 0.05) is 0 Å². The summed E-state index contributed by atoms with van der Waals surface area (Å²) in [5.74, 6) is 0. The average molecular weight is 182 g/mol. The molecular formula is C8H41N3. The fraction of sp³-hybridized carbons (Fsp3) is 1.00. The van der Waals surface area contributed by atoms with Crippen LogP contribution in [0.25, 0.3) is 0 Å². The monoisotopic (exact) mass is 182 g/mol. The zero-order valence-corrected chi connectivity index (χ0v) is 1.73. The van der Waals surface area contributed by atoms with E-state index in [1.807, 2.05) is 0 Å². The van der Waals surface area contributed by atoms with Crippen molar-refractivity contribution in [2.24, 2.45) is 0 Å². The Labute approximate surface area is 83.1 Å². The van der Waals surface area contributed by atoms with E-state index in [0.29, 0.717) is 0 Å². The molecule has 0 aliphatic heterocycles.